The molecule has 1 aliphatic carbocycles. The van der Waals surface area contributed by atoms with Crippen molar-refractivity contribution in [3.8, 4) is 0 Å². The van der Waals surface area contributed by atoms with Gasteiger partial charge in [0.1, 0.15) is 0 Å². The summed E-state index contributed by atoms with van der Waals surface area (Å²) in [6, 6.07) is 0.142. The highest BCUT2D eigenvalue weighted by Crippen LogP contribution is 2.28. The number of nitrogens with one attached hydrogen (secondary N) is 1. The molecule has 0 bridgehead atoms. The second-order valence-electron chi connectivity index (χ2n) is 4.74. The molecule has 0 aliphatic heterocycles. The van der Waals surface area contributed by atoms with Crippen LogP contribution in [0, 0.1) is 5.92 Å². The Labute approximate surface area is 92.9 Å². The van der Waals surface area contributed by atoms with Crippen LogP contribution in [0.4, 0.5) is 0 Å². The van der Waals surface area contributed by atoms with Crippen LogP contribution in [-0.4, -0.2) is 35.5 Å². The Hall–Kier alpha value is -0.120. The molecule has 1 rings (SSSR count). The van der Waals surface area contributed by atoms with Gasteiger partial charge in [-0.05, 0) is 18.8 Å². The summed E-state index contributed by atoms with van der Waals surface area (Å²) in [6.45, 7) is 2.82. The van der Waals surface area contributed by atoms with Gasteiger partial charge in [-0.3, -0.25) is 0 Å². The van der Waals surface area contributed by atoms with E-state index in [0.717, 1.165) is 18.8 Å². The fourth-order valence-corrected chi connectivity index (χ4v) is 2.35. The van der Waals surface area contributed by atoms with Crippen molar-refractivity contribution >= 4 is 0 Å². The van der Waals surface area contributed by atoms with Crippen LogP contribution in [0.1, 0.15) is 45.4 Å². The Morgan fingerprint density at radius 2 is 2.00 bits per heavy atom. The second kappa shape index (κ2) is 7.20. The quantitative estimate of drug-likeness (QED) is 0.600. The van der Waals surface area contributed by atoms with E-state index in [4.69, 9.17) is 5.11 Å². The summed E-state index contributed by atoms with van der Waals surface area (Å²) in [4.78, 5) is 0. The SMILES string of the molecule is CCC(CO)NCC(O)CC1CCCC1. The lowest BCUT2D eigenvalue weighted by Crippen LogP contribution is -2.38. The number of hydrogen-bond donors (Lipinski definition) is 3. The average Bonchev–Trinajstić information content (AvgIpc) is 2.72. The second-order valence-corrected chi connectivity index (χ2v) is 4.74. The maximum Gasteiger partial charge on any atom is 0.0667 e. The molecule has 0 spiro atoms. The first kappa shape index (κ1) is 12.9. The smallest absolute Gasteiger partial charge is 0.0667 e. The molecule has 1 fully saturated rings. The zero-order chi connectivity index (χ0) is 11.1. The first-order valence-electron chi connectivity index (χ1n) is 6.28. The van der Waals surface area contributed by atoms with Crippen LogP contribution in [0.3, 0.4) is 0 Å². The van der Waals surface area contributed by atoms with Crippen LogP contribution in [0.25, 0.3) is 0 Å². The van der Waals surface area contributed by atoms with Crippen molar-refractivity contribution in [2.24, 2.45) is 5.92 Å². The molecule has 1 saturated carbocycles. The predicted octanol–water partition coefficient (Wildman–Crippen LogP) is 1.29. The topological polar surface area (TPSA) is 52.5 Å². The summed E-state index contributed by atoms with van der Waals surface area (Å²) >= 11 is 0. The van der Waals surface area contributed by atoms with E-state index in [1.165, 1.54) is 25.7 Å². The molecule has 3 nitrogen and oxygen atoms in total. The van der Waals surface area contributed by atoms with E-state index < -0.39 is 0 Å². The average molecular weight is 215 g/mol. The van der Waals surface area contributed by atoms with Gasteiger partial charge in [0.25, 0.3) is 0 Å². The van der Waals surface area contributed by atoms with Gasteiger partial charge in [-0.15, -0.1) is 0 Å². The molecule has 0 heterocycles. The number of aliphatic hydroxyl groups is 2. The number of aliphatic hydroxyl groups excluding tert-OH is 2. The first-order chi connectivity index (χ1) is 7.26. The Kier molecular flexibility index (Phi) is 6.22. The summed E-state index contributed by atoms with van der Waals surface area (Å²) < 4.78 is 0. The van der Waals surface area contributed by atoms with E-state index in [2.05, 4.69) is 5.32 Å². The summed E-state index contributed by atoms with van der Waals surface area (Å²) in [6.07, 6.45) is 6.83. The van der Waals surface area contributed by atoms with Gasteiger partial charge in [0.05, 0.1) is 12.7 Å². The third-order valence-electron chi connectivity index (χ3n) is 3.44. The molecular formula is C12H25NO2. The summed E-state index contributed by atoms with van der Waals surface area (Å²) in [5, 5.41) is 22.0. The van der Waals surface area contributed by atoms with Gasteiger partial charge in [-0.25, -0.2) is 0 Å². The Morgan fingerprint density at radius 1 is 1.33 bits per heavy atom. The largest absolute Gasteiger partial charge is 0.395 e. The fourth-order valence-electron chi connectivity index (χ4n) is 2.35. The van der Waals surface area contributed by atoms with Gasteiger partial charge in [0, 0.05) is 12.6 Å². The lowest BCUT2D eigenvalue weighted by atomic mass is 10.00. The zero-order valence-corrected chi connectivity index (χ0v) is 9.78. The summed E-state index contributed by atoms with van der Waals surface area (Å²) in [7, 11) is 0. The van der Waals surface area contributed by atoms with Gasteiger partial charge < -0.3 is 15.5 Å². The van der Waals surface area contributed by atoms with Crippen molar-refractivity contribution < 1.29 is 10.2 Å². The third-order valence-corrected chi connectivity index (χ3v) is 3.44. The monoisotopic (exact) mass is 215 g/mol. The maximum atomic E-state index is 9.81. The molecule has 2 atom stereocenters. The predicted molar refractivity (Wildman–Crippen MR) is 61.7 cm³/mol. The van der Waals surface area contributed by atoms with Crippen LogP contribution < -0.4 is 5.32 Å². The van der Waals surface area contributed by atoms with Crippen LogP contribution in [0.15, 0.2) is 0 Å². The summed E-state index contributed by atoms with van der Waals surface area (Å²) in [5.41, 5.74) is 0. The van der Waals surface area contributed by atoms with Crippen LogP contribution >= 0.6 is 0 Å². The van der Waals surface area contributed by atoms with Crippen molar-refractivity contribution in [2.45, 2.75) is 57.6 Å². The molecule has 0 saturated heterocycles. The van der Waals surface area contributed by atoms with Crippen molar-refractivity contribution in [2.75, 3.05) is 13.2 Å². The van der Waals surface area contributed by atoms with E-state index in [0.29, 0.717) is 6.54 Å². The molecule has 0 amide bonds. The van der Waals surface area contributed by atoms with E-state index in [1.54, 1.807) is 0 Å². The highest BCUT2D eigenvalue weighted by molar-refractivity contribution is 4.73. The van der Waals surface area contributed by atoms with Gasteiger partial charge >= 0.3 is 0 Å². The normalized spacial score (nSPS) is 21.8. The number of hydrogen-bond acceptors (Lipinski definition) is 3. The summed E-state index contributed by atoms with van der Waals surface area (Å²) in [5.74, 6) is 0.732. The highest BCUT2D eigenvalue weighted by atomic mass is 16.3. The molecule has 0 aromatic carbocycles. The molecule has 3 N–H and O–H groups in total. The van der Waals surface area contributed by atoms with Crippen molar-refractivity contribution in [1.29, 1.82) is 0 Å². The maximum absolute atomic E-state index is 9.81. The lowest BCUT2D eigenvalue weighted by molar-refractivity contribution is 0.130. The molecule has 90 valence electrons. The molecule has 2 unspecified atom stereocenters. The lowest BCUT2D eigenvalue weighted by Gasteiger charge is -2.19. The minimum absolute atomic E-state index is 0.142. The molecule has 0 radical (unpaired) electrons. The minimum atomic E-state index is -0.242. The molecule has 15 heavy (non-hydrogen) atoms. The molecule has 3 heteroatoms. The van der Waals surface area contributed by atoms with Crippen LogP contribution in [-0.2, 0) is 0 Å². The third kappa shape index (κ3) is 4.96. The van der Waals surface area contributed by atoms with Crippen molar-refractivity contribution in [3.63, 3.8) is 0 Å². The van der Waals surface area contributed by atoms with Crippen molar-refractivity contribution in [1.82, 2.24) is 5.32 Å². The van der Waals surface area contributed by atoms with Gasteiger partial charge in [0.2, 0.25) is 0 Å². The van der Waals surface area contributed by atoms with E-state index in [-0.39, 0.29) is 18.8 Å². The van der Waals surface area contributed by atoms with E-state index in [9.17, 15) is 5.11 Å². The number of rotatable bonds is 7. The Balaban J connectivity index is 2.09. The minimum Gasteiger partial charge on any atom is -0.395 e. The van der Waals surface area contributed by atoms with Crippen molar-refractivity contribution in [3.05, 3.63) is 0 Å². The molecule has 1 aliphatic rings. The van der Waals surface area contributed by atoms with Gasteiger partial charge in [0.15, 0.2) is 0 Å². The van der Waals surface area contributed by atoms with Gasteiger partial charge in [-0.2, -0.15) is 0 Å². The molecule has 0 aromatic heterocycles. The first-order valence-corrected chi connectivity index (χ1v) is 6.28. The molecule has 0 aromatic rings. The Morgan fingerprint density at radius 3 is 2.53 bits per heavy atom. The Bertz CT molecular complexity index is 154. The van der Waals surface area contributed by atoms with Gasteiger partial charge in [-0.1, -0.05) is 32.6 Å². The van der Waals surface area contributed by atoms with Crippen LogP contribution in [0.2, 0.25) is 0 Å². The zero-order valence-electron chi connectivity index (χ0n) is 9.78. The molecular weight excluding hydrogens is 190 g/mol. The fraction of sp³-hybridized carbons (Fsp3) is 1.00. The highest BCUT2D eigenvalue weighted by Gasteiger charge is 2.19. The van der Waals surface area contributed by atoms with E-state index in [1.807, 2.05) is 6.92 Å². The standard InChI is InChI=1S/C12H25NO2/c1-2-11(9-14)13-8-12(15)7-10-5-3-4-6-10/h10-15H,2-9H2,1H3. The van der Waals surface area contributed by atoms with Crippen LogP contribution in [0.5, 0.6) is 0 Å². The van der Waals surface area contributed by atoms with E-state index >= 15 is 0 Å².